The van der Waals surface area contributed by atoms with Gasteiger partial charge in [-0.1, -0.05) is 6.07 Å². The van der Waals surface area contributed by atoms with Gasteiger partial charge in [0.15, 0.2) is 5.69 Å². The van der Waals surface area contributed by atoms with Gasteiger partial charge in [0.05, 0.1) is 26.1 Å². The highest BCUT2D eigenvalue weighted by Crippen LogP contribution is 2.23. The van der Waals surface area contributed by atoms with Crippen LogP contribution in [0.25, 0.3) is 5.69 Å². The molecule has 0 aliphatic carbocycles. The molecule has 0 radical (unpaired) electrons. The van der Waals surface area contributed by atoms with Crippen LogP contribution in [0.4, 0.5) is 11.4 Å². The lowest BCUT2D eigenvalue weighted by atomic mass is 10.2. The number of ether oxygens (including phenoxy) is 2. The molecule has 0 aliphatic rings. The summed E-state index contributed by atoms with van der Waals surface area (Å²) in [7, 11) is 3.16. The van der Waals surface area contributed by atoms with E-state index >= 15 is 0 Å². The molecular formula is C24H24N6O4. The third-order valence-corrected chi connectivity index (χ3v) is 4.97. The molecule has 174 valence electrons. The Balaban J connectivity index is 1.37. The summed E-state index contributed by atoms with van der Waals surface area (Å²) >= 11 is 0. The summed E-state index contributed by atoms with van der Waals surface area (Å²) in [5, 5.41) is 14.0. The van der Waals surface area contributed by atoms with Crippen molar-refractivity contribution in [2.45, 2.75) is 13.5 Å². The summed E-state index contributed by atoms with van der Waals surface area (Å²) in [6.07, 6.45) is 4.74. The molecule has 10 heteroatoms. The van der Waals surface area contributed by atoms with Crippen LogP contribution < -0.4 is 20.1 Å². The first-order chi connectivity index (χ1) is 16.4. The zero-order chi connectivity index (χ0) is 24.1. The minimum atomic E-state index is -0.396. The van der Waals surface area contributed by atoms with Crippen LogP contribution >= 0.6 is 0 Å². The molecule has 2 amide bonds. The maximum Gasteiger partial charge on any atom is 0.276 e. The molecule has 0 saturated carbocycles. The Morgan fingerprint density at radius 3 is 2.50 bits per heavy atom. The van der Waals surface area contributed by atoms with Gasteiger partial charge in [0.1, 0.15) is 23.7 Å². The Bertz CT molecular complexity index is 1310. The second-order valence-electron chi connectivity index (χ2n) is 7.48. The molecule has 0 bridgehead atoms. The topological polar surface area (TPSA) is 112 Å². The van der Waals surface area contributed by atoms with E-state index in [1.807, 2.05) is 25.1 Å². The largest absolute Gasteiger partial charge is 0.497 e. The van der Waals surface area contributed by atoms with E-state index in [0.717, 1.165) is 11.3 Å². The van der Waals surface area contributed by atoms with E-state index in [4.69, 9.17) is 9.47 Å². The number of carbonyl (C=O) groups excluding carboxylic acids is 2. The number of nitrogens with zero attached hydrogens (tertiary/aromatic N) is 4. The molecular weight excluding hydrogens is 436 g/mol. The molecule has 2 aromatic heterocycles. The van der Waals surface area contributed by atoms with Gasteiger partial charge >= 0.3 is 0 Å². The summed E-state index contributed by atoms with van der Waals surface area (Å²) in [6, 6.07) is 14.3. The first-order valence-corrected chi connectivity index (χ1v) is 10.4. The number of hydrogen-bond donors (Lipinski definition) is 2. The van der Waals surface area contributed by atoms with Gasteiger partial charge in [-0.25, -0.2) is 4.68 Å². The van der Waals surface area contributed by atoms with E-state index < -0.39 is 5.91 Å². The maximum atomic E-state index is 12.7. The van der Waals surface area contributed by atoms with Gasteiger partial charge < -0.3 is 20.1 Å². The average molecular weight is 460 g/mol. The van der Waals surface area contributed by atoms with Gasteiger partial charge in [-0.3, -0.25) is 14.3 Å². The van der Waals surface area contributed by atoms with Gasteiger partial charge in [-0.05, 0) is 55.0 Å². The molecule has 4 aromatic rings. The fraction of sp³-hybridized carbons (Fsp3) is 0.167. The van der Waals surface area contributed by atoms with Crippen molar-refractivity contribution in [2.75, 3.05) is 24.9 Å². The number of rotatable bonds is 8. The number of anilines is 2. The van der Waals surface area contributed by atoms with Gasteiger partial charge in [0, 0.05) is 18.1 Å². The number of benzene rings is 2. The number of amides is 2. The molecule has 0 fully saturated rings. The normalized spacial score (nSPS) is 10.6. The summed E-state index contributed by atoms with van der Waals surface area (Å²) in [4.78, 5) is 24.9. The summed E-state index contributed by atoms with van der Waals surface area (Å²) in [5.41, 5.74) is 3.10. The van der Waals surface area contributed by atoms with E-state index in [0.29, 0.717) is 22.9 Å². The van der Waals surface area contributed by atoms with Crippen LogP contribution in [0.5, 0.6) is 11.5 Å². The lowest BCUT2D eigenvalue weighted by Gasteiger charge is -2.09. The van der Waals surface area contributed by atoms with E-state index in [1.54, 1.807) is 61.6 Å². The molecule has 0 aliphatic heterocycles. The van der Waals surface area contributed by atoms with Gasteiger partial charge in [0.2, 0.25) is 5.91 Å². The predicted molar refractivity (Wildman–Crippen MR) is 127 cm³/mol. The third kappa shape index (κ3) is 5.23. The second kappa shape index (κ2) is 9.90. The fourth-order valence-corrected chi connectivity index (χ4v) is 3.29. The molecule has 4 rings (SSSR count). The number of aryl methyl sites for hydroxylation is 1. The van der Waals surface area contributed by atoms with Crippen molar-refractivity contribution in [3.8, 4) is 17.2 Å². The minimum absolute atomic E-state index is 0.0102. The number of hydrogen-bond acceptors (Lipinski definition) is 6. The average Bonchev–Trinajstić information content (AvgIpc) is 3.49. The highest BCUT2D eigenvalue weighted by Gasteiger charge is 2.14. The standard InChI is InChI=1S/C24H24N6O4/c1-16-4-9-22(34-3)21(12-16)30-11-10-20(28-30)24(32)27-18-13-25-29(14-18)15-23(31)26-17-5-7-19(33-2)8-6-17/h4-14H,15H2,1-3H3,(H,26,31)(H,27,32). The fourth-order valence-electron chi connectivity index (χ4n) is 3.29. The molecule has 2 N–H and O–H groups in total. The smallest absolute Gasteiger partial charge is 0.276 e. The van der Waals surface area contributed by atoms with Crippen molar-refractivity contribution in [3.05, 3.63) is 78.4 Å². The molecule has 0 spiro atoms. The molecule has 0 saturated heterocycles. The van der Waals surface area contributed by atoms with Crippen molar-refractivity contribution in [2.24, 2.45) is 0 Å². The van der Waals surface area contributed by atoms with Crippen LogP contribution in [0.2, 0.25) is 0 Å². The highest BCUT2D eigenvalue weighted by atomic mass is 16.5. The number of carbonyl (C=O) groups is 2. The summed E-state index contributed by atoms with van der Waals surface area (Å²) < 4.78 is 13.5. The van der Waals surface area contributed by atoms with Crippen molar-refractivity contribution in [1.82, 2.24) is 19.6 Å². The quantitative estimate of drug-likeness (QED) is 0.417. The molecule has 34 heavy (non-hydrogen) atoms. The lowest BCUT2D eigenvalue weighted by molar-refractivity contribution is -0.116. The Morgan fingerprint density at radius 1 is 0.971 bits per heavy atom. The molecule has 0 unspecified atom stereocenters. The van der Waals surface area contributed by atoms with Gasteiger partial charge in [0.25, 0.3) is 5.91 Å². The number of methoxy groups -OCH3 is 2. The Morgan fingerprint density at radius 2 is 1.76 bits per heavy atom. The summed E-state index contributed by atoms with van der Waals surface area (Å²) in [5.74, 6) is 0.702. The van der Waals surface area contributed by atoms with Crippen LogP contribution in [0, 0.1) is 6.92 Å². The van der Waals surface area contributed by atoms with E-state index in [-0.39, 0.29) is 18.1 Å². The van der Waals surface area contributed by atoms with Crippen molar-refractivity contribution < 1.29 is 19.1 Å². The highest BCUT2D eigenvalue weighted by molar-refractivity contribution is 6.02. The minimum Gasteiger partial charge on any atom is -0.497 e. The van der Waals surface area contributed by atoms with Gasteiger partial charge in [-0.15, -0.1) is 0 Å². The third-order valence-electron chi connectivity index (χ3n) is 4.97. The van der Waals surface area contributed by atoms with E-state index in [2.05, 4.69) is 20.8 Å². The van der Waals surface area contributed by atoms with Crippen LogP contribution in [0.3, 0.4) is 0 Å². The van der Waals surface area contributed by atoms with Crippen LogP contribution in [-0.4, -0.2) is 45.6 Å². The van der Waals surface area contributed by atoms with E-state index in [9.17, 15) is 9.59 Å². The molecule has 10 nitrogen and oxygen atoms in total. The first-order valence-electron chi connectivity index (χ1n) is 10.4. The molecule has 2 aromatic carbocycles. The van der Waals surface area contributed by atoms with Crippen LogP contribution in [0.1, 0.15) is 16.1 Å². The van der Waals surface area contributed by atoms with Crippen molar-refractivity contribution >= 4 is 23.2 Å². The van der Waals surface area contributed by atoms with E-state index in [1.165, 1.54) is 10.9 Å². The Kier molecular flexibility index (Phi) is 6.58. The first kappa shape index (κ1) is 22.6. The number of aromatic nitrogens is 4. The van der Waals surface area contributed by atoms with Crippen molar-refractivity contribution in [3.63, 3.8) is 0 Å². The zero-order valence-corrected chi connectivity index (χ0v) is 19.0. The molecule has 2 heterocycles. The molecule has 0 atom stereocenters. The van der Waals surface area contributed by atoms with Gasteiger partial charge in [-0.2, -0.15) is 10.2 Å². The Labute approximate surface area is 196 Å². The monoisotopic (exact) mass is 460 g/mol. The summed E-state index contributed by atoms with van der Waals surface area (Å²) in [6.45, 7) is 1.96. The van der Waals surface area contributed by atoms with Crippen LogP contribution in [-0.2, 0) is 11.3 Å². The SMILES string of the molecule is COc1ccc(NC(=O)Cn2cc(NC(=O)c3ccn(-c4cc(C)ccc4OC)n3)cn2)cc1. The van der Waals surface area contributed by atoms with Crippen molar-refractivity contribution in [1.29, 1.82) is 0 Å². The Hall–Kier alpha value is -4.60. The second-order valence-corrected chi connectivity index (χ2v) is 7.48. The zero-order valence-electron chi connectivity index (χ0n) is 19.0. The maximum absolute atomic E-state index is 12.7. The number of nitrogens with one attached hydrogen (secondary N) is 2. The van der Waals surface area contributed by atoms with Crippen LogP contribution in [0.15, 0.2) is 67.1 Å². The lowest BCUT2D eigenvalue weighted by Crippen LogP contribution is -2.19. The predicted octanol–water partition coefficient (Wildman–Crippen LogP) is 3.29.